The highest BCUT2D eigenvalue weighted by molar-refractivity contribution is 7.89. The maximum Gasteiger partial charge on any atom is 0.286 e. The van der Waals surface area contributed by atoms with E-state index in [1.165, 1.54) is 6.92 Å². The van der Waals surface area contributed by atoms with Crippen LogP contribution in [0.15, 0.2) is 18.2 Å². The monoisotopic (exact) mass is 370 g/mol. The average Bonchev–Trinajstić information content (AvgIpc) is 3.21. The second-order valence-corrected chi connectivity index (χ2v) is 7.91. The number of amides is 1. The molecule has 24 heavy (non-hydrogen) atoms. The van der Waals surface area contributed by atoms with Crippen molar-refractivity contribution in [1.82, 2.24) is 14.9 Å². The van der Waals surface area contributed by atoms with E-state index in [1.807, 2.05) is 0 Å². The second kappa shape index (κ2) is 6.71. The molecule has 3 rings (SSSR count). The lowest BCUT2D eigenvalue weighted by molar-refractivity contribution is 0.102. The Morgan fingerprint density at radius 2 is 2.08 bits per heavy atom. The van der Waals surface area contributed by atoms with Crippen molar-refractivity contribution in [1.29, 1.82) is 0 Å². The van der Waals surface area contributed by atoms with Gasteiger partial charge in [-0.1, -0.05) is 11.3 Å². The average molecular weight is 370 g/mol. The Kier molecular flexibility index (Phi) is 4.64. The number of aromatic nitrogens is 2. The van der Waals surface area contributed by atoms with Crippen LogP contribution in [0.3, 0.4) is 0 Å². The summed E-state index contributed by atoms with van der Waals surface area (Å²) in [7, 11) is -3.32. The third kappa shape index (κ3) is 3.80. The summed E-state index contributed by atoms with van der Waals surface area (Å²) >= 11 is 1.02. The topological polar surface area (TPSA) is 120 Å². The van der Waals surface area contributed by atoms with Gasteiger partial charge in [-0.15, -0.1) is 10.2 Å². The van der Waals surface area contributed by atoms with Crippen LogP contribution in [0.2, 0.25) is 0 Å². The quantitative estimate of drug-likeness (QED) is 0.777. The fraction of sp³-hybridized carbons (Fsp3) is 0.308. The molecule has 0 unspecified atom stereocenters. The molecule has 128 valence electrons. The Balaban J connectivity index is 1.63. The van der Waals surface area contributed by atoms with Crippen LogP contribution in [0.4, 0.5) is 5.69 Å². The van der Waals surface area contributed by atoms with Gasteiger partial charge in [-0.2, -0.15) is 0 Å². The Bertz CT molecular complexity index is 865. The highest BCUT2D eigenvalue weighted by atomic mass is 32.2. The van der Waals surface area contributed by atoms with Crippen molar-refractivity contribution in [2.45, 2.75) is 13.5 Å². The minimum absolute atomic E-state index is 0.00510. The Morgan fingerprint density at radius 3 is 2.88 bits per heavy atom. The zero-order valence-corrected chi connectivity index (χ0v) is 14.2. The van der Waals surface area contributed by atoms with E-state index in [2.05, 4.69) is 20.2 Å². The summed E-state index contributed by atoms with van der Waals surface area (Å²) in [5.41, 5.74) is 0.535. The molecule has 1 aromatic heterocycles. The van der Waals surface area contributed by atoms with Gasteiger partial charge < -0.3 is 14.8 Å². The molecule has 0 saturated carbocycles. The van der Waals surface area contributed by atoms with Gasteiger partial charge in [0.15, 0.2) is 11.5 Å². The van der Waals surface area contributed by atoms with Gasteiger partial charge in [-0.3, -0.25) is 4.79 Å². The van der Waals surface area contributed by atoms with Gasteiger partial charge in [0.2, 0.25) is 21.8 Å². The van der Waals surface area contributed by atoms with Crippen molar-refractivity contribution < 1.29 is 22.7 Å². The van der Waals surface area contributed by atoms with Gasteiger partial charge >= 0.3 is 0 Å². The van der Waals surface area contributed by atoms with Crippen LogP contribution in [0, 0.1) is 0 Å². The summed E-state index contributed by atoms with van der Waals surface area (Å²) in [4.78, 5) is 12.2. The van der Waals surface area contributed by atoms with E-state index in [-0.39, 0.29) is 24.1 Å². The number of ether oxygens (including phenoxy) is 2. The van der Waals surface area contributed by atoms with Crippen LogP contribution >= 0.6 is 11.3 Å². The van der Waals surface area contributed by atoms with Crippen molar-refractivity contribution in [2.75, 3.05) is 17.9 Å². The summed E-state index contributed by atoms with van der Waals surface area (Å²) in [6.07, 6.45) is 0. The van der Waals surface area contributed by atoms with Gasteiger partial charge in [0.1, 0.15) is 5.01 Å². The number of carbonyl (C=O) groups is 1. The fourth-order valence-corrected chi connectivity index (χ4v) is 3.18. The van der Waals surface area contributed by atoms with E-state index in [0.29, 0.717) is 22.2 Å². The minimum Gasteiger partial charge on any atom is -0.454 e. The predicted octanol–water partition coefficient (Wildman–Crippen LogP) is 0.958. The SMILES string of the molecule is CCS(=O)(=O)NCc1nnc(C(=O)Nc2ccc3c(c2)OCO3)s1. The normalized spacial score (nSPS) is 13.0. The molecular formula is C13H14N4O5S2. The number of fused-ring (bicyclic) bond motifs is 1. The van der Waals surface area contributed by atoms with E-state index in [9.17, 15) is 13.2 Å². The summed E-state index contributed by atoms with van der Waals surface area (Å²) in [6.45, 7) is 1.69. The Hall–Kier alpha value is -2.24. The van der Waals surface area contributed by atoms with E-state index >= 15 is 0 Å². The third-order valence-electron chi connectivity index (χ3n) is 3.11. The Morgan fingerprint density at radius 1 is 1.29 bits per heavy atom. The first kappa shape index (κ1) is 16.6. The molecule has 2 N–H and O–H groups in total. The summed E-state index contributed by atoms with van der Waals surface area (Å²) in [5, 5.41) is 10.8. The van der Waals surface area contributed by atoms with Crippen molar-refractivity contribution in [3.05, 3.63) is 28.2 Å². The molecule has 1 aromatic carbocycles. The number of hydrogen-bond acceptors (Lipinski definition) is 8. The molecule has 2 aromatic rings. The highest BCUT2D eigenvalue weighted by Gasteiger charge is 2.17. The second-order valence-electron chi connectivity index (χ2n) is 4.75. The first-order valence-corrected chi connectivity index (χ1v) is 9.44. The van der Waals surface area contributed by atoms with Gasteiger partial charge in [-0.05, 0) is 19.1 Å². The third-order valence-corrected chi connectivity index (χ3v) is 5.38. The van der Waals surface area contributed by atoms with Crippen LogP contribution in [0.25, 0.3) is 0 Å². The number of anilines is 1. The molecule has 2 heterocycles. The summed E-state index contributed by atoms with van der Waals surface area (Å²) < 4.78 is 35.6. The molecule has 0 aliphatic carbocycles. The molecule has 9 nitrogen and oxygen atoms in total. The van der Waals surface area contributed by atoms with Gasteiger partial charge in [0, 0.05) is 11.8 Å². The maximum atomic E-state index is 12.2. The first-order chi connectivity index (χ1) is 11.5. The lowest BCUT2D eigenvalue weighted by atomic mass is 10.3. The largest absolute Gasteiger partial charge is 0.454 e. The van der Waals surface area contributed by atoms with E-state index < -0.39 is 15.9 Å². The standard InChI is InChI=1S/C13H14N4O5S2/c1-2-24(19,20)14-6-11-16-17-13(23-11)12(18)15-8-3-4-9-10(5-8)22-7-21-9/h3-5,14H,2,6-7H2,1H3,(H,15,18). The number of rotatable bonds is 6. The van der Waals surface area contributed by atoms with Crippen molar-refractivity contribution in [3.63, 3.8) is 0 Å². The maximum absolute atomic E-state index is 12.2. The lowest BCUT2D eigenvalue weighted by Crippen LogP contribution is -2.24. The molecule has 0 spiro atoms. The molecule has 0 fully saturated rings. The molecule has 11 heteroatoms. The number of carbonyl (C=O) groups excluding carboxylic acids is 1. The van der Waals surface area contributed by atoms with Gasteiger partial charge in [0.05, 0.1) is 12.3 Å². The molecule has 0 saturated heterocycles. The molecule has 1 aliphatic rings. The number of nitrogens with one attached hydrogen (secondary N) is 2. The number of sulfonamides is 1. The molecule has 0 bridgehead atoms. The van der Waals surface area contributed by atoms with Crippen LogP contribution in [-0.2, 0) is 16.6 Å². The zero-order valence-electron chi connectivity index (χ0n) is 12.6. The van der Waals surface area contributed by atoms with E-state index in [0.717, 1.165) is 11.3 Å². The molecular weight excluding hydrogens is 356 g/mol. The van der Waals surface area contributed by atoms with Crippen LogP contribution in [0.1, 0.15) is 21.7 Å². The molecule has 0 atom stereocenters. The highest BCUT2D eigenvalue weighted by Crippen LogP contribution is 2.34. The zero-order chi connectivity index (χ0) is 17.2. The van der Waals surface area contributed by atoms with Crippen LogP contribution < -0.4 is 19.5 Å². The Labute approximate surface area is 142 Å². The lowest BCUT2D eigenvalue weighted by Gasteiger charge is -2.03. The first-order valence-electron chi connectivity index (χ1n) is 6.97. The number of nitrogens with zero attached hydrogens (tertiary/aromatic N) is 2. The van der Waals surface area contributed by atoms with Crippen LogP contribution in [0.5, 0.6) is 11.5 Å². The smallest absolute Gasteiger partial charge is 0.286 e. The molecule has 1 amide bonds. The van der Waals surface area contributed by atoms with Crippen molar-refractivity contribution in [2.24, 2.45) is 0 Å². The van der Waals surface area contributed by atoms with Crippen molar-refractivity contribution in [3.8, 4) is 11.5 Å². The van der Waals surface area contributed by atoms with E-state index in [4.69, 9.17) is 9.47 Å². The van der Waals surface area contributed by atoms with Crippen LogP contribution in [-0.4, -0.2) is 37.1 Å². The van der Waals surface area contributed by atoms with E-state index in [1.54, 1.807) is 18.2 Å². The number of hydrogen-bond donors (Lipinski definition) is 2. The molecule has 1 aliphatic heterocycles. The molecule has 0 radical (unpaired) electrons. The number of benzene rings is 1. The van der Waals surface area contributed by atoms with Gasteiger partial charge in [0.25, 0.3) is 5.91 Å². The summed E-state index contributed by atoms with van der Waals surface area (Å²) in [5.74, 6) is 0.716. The predicted molar refractivity (Wildman–Crippen MR) is 86.7 cm³/mol. The van der Waals surface area contributed by atoms with Crippen molar-refractivity contribution >= 4 is 33.0 Å². The minimum atomic E-state index is -3.32. The van der Waals surface area contributed by atoms with Gasteiger partial charge in [-0.25, -0.2) is 13.1 Å². The summed E-state index contributed by atoms with van der Waals surface area (Å²) in [6, 6.07) is 5.03. The fourth-order valence-electron chi connectivity index (χ4n) is 1.85.